The third-order valence-corrected chi connectivity index (χ3v) is 5.38. The fourth-order valence-electron chi connectivity index (χ4n) is 3.79. The topological polar surface area (TPSA) is 36.4 Å². The van der Waals surface area contributed by atoms with Gasteiger partial charge in [0.05, 0.1) is 6.04 Å². The van der Waals surface area contributed by atoms with Crippen molar-refractivity contribution in [3.8, 4) is 0 Å². The van der Waals surface area contributed by atoms with Crippen LogP contribution in [-0.4, -0.2) is 46.9 Å². The molecule has 0 aliphatic carbocycles. The number of amides is 1. The molecule has 0 saturated carbocycles. The van der Waals surface area contributed by atoms with Crippen LogP contribution in [0, 0.1) is 0 Å². The predicted octanol–water partition coefficient (Wildman–Crippen LogP) is 4.28. The fraction of sp³-hybridized carbons (Fsp3) is 0.217. The summed E-state index contributed by atoms with van der Waals surface area (Å²) in [7, 11) is 0. The summed E-state index contributed by atoms with van der Waals surface area (Å²) in [6, 6.07) is 24.7. The first kappa shape index (κ1) is 18.7. The first-order valence-corrected chi connectivity index (χ1v) is 9.85. The minimum absolute atomic E-state index is 0.0138. The van der Waals surface area contributed by atoms with Gasteiger partial charge < -0.3 is 4.90 Å². The maximum atomic E-state index is 12.8. The molecular formula is C23H22ClN3O. The smallest absolute Gasteiger partial charge is 0.254 e. The molecule has 28 heavy (non-hydrogen) atoms. The van der Waals surface area contributed by atoms with Crippen LogP contribution in [0.1, 0.15) is 27.5 Å². The zero-order valence-corrected chi connectivity index (χ0v) is 16.3. The minimum Gasteiger partial charge on any atom is -0.336 e. The van der Waals surface area contributed by atoms with Crippen LogP contribution in [0.5, 0.6) is 0 Å². The first-order chi connectivity index (χ1) is 13.7. The molecule has 4 rings (SSSR count). The van der Waals surface area contributed by atoms with Crippen molar-refractivity contribution in [3.63, 3.8) is 0 Å². The highest BCUT2D eigenvalue weighted by Crippen LogP contribution is 2.29. The van der Waals surface area contributed by atoms with Gasteiger partial charge in [-0.25, -0.2) is 4.98 Å². The molecule has 1 amide bonds. The molecular weight excluding hydrogens is 370 g/mol. The number of hydrogen-bond acceptors (Lipinski definition) is 3. The molecule has 1 aromatic heterocycles. The van der Waals surface area contributed by atoms with Crippen molar-refractivity contribution in [2.24, 2.45) is 0 Å². The number of aromatic nitrogens is 1. The Morgan fingerprint density at radius 2 is 1.43 bits per heavy atom. The van der Waals surface area contributed by atoms with Gasteiger partial charge in [0.15, 0.2) is 0 Å². The lowest BCUT2D eigenvalue weighted by Crippen LogP contribution is -2.49. The monoisotopic (exact) mass is 391 g/mol. The van der Waals surface area contributed by atoms with E-state index in [4.69, 9.17) is 11.6 Å². The Balaban J connectivity index is 1.51. The second kappa shape index (κ2) is 8.55. The summed E-state index contributed by atoms with van der Waals surface area (Å²) in [5.41, 5.74) is 3.14. The molecule has 0 radical (unpaired) electrons. The summed E-state index contributed by atoms with van der Waals surface area (Å²) in [6.07, 6.45) is 1.58. The molecule has 0 N–H and O–H groups in total. The number of pyridine rings is 1. The van der Waals surface area contributed by atoms with Crippen molar-refractivity contribution in [1.29, 1.82) is 0 Å². The standard InChI is InChI=1S/C23H22ClN3O/c24-21-17-20(11-12-25-21)23(28)27-15-13-26(14-16-27)22(18-7-3-1-4-8-18)19-9-5-2-6-10-19/h1-12,17,22H,13-16H2. The lowest BCUT2D eigenvalue weighted by atomic mass is 9.96. The van der Waals surface area contributed by atoms with Crippen LogP contribution in [0.2, 0.25) is 5.15 Å². The van der Waals surface area contributed by atoms with Crippen LogP contribution in [0.25, 0.3) is 0 Å². The summed E-state index contributed by atoms with van der Waals surface area (Å²) in [5, 5.41) is 0.345. The van der Waals surface area contributed by atoms with E-state index in [0.29, 0.717) is 23.8 Å². The van der Waals surface area contributed by atoms with Gasteiger partial charge in [0.2, 0.25) is 0 Å². The van der Waals surface area contributed by atoms with Crippen LogP contribution >= 0.6 is 11.6 Å². The highest BCUT2D eigenvalue weighted by molar-refractivity contribution is 6.29. The average molecular weight is 392 g/mol. The molecule has 1 aliphatic rings. The molecule has 2 heterocycles. The van der Waals surface area contributed by atoms with Gasteiger partial charge >= 0.3 is 0 Å². The Kier molecular flexibility index (Phi) is 5.70. The van der Waals surface area contributed by atoms with E-state index in [0.717, 1.165) is 13.1 Å². The Morgan fingerprint density at radius 1 is 0.857 bits per heavy atom. The van der Waals surface area contributed by atoms with Crippen LogP contribution in [0.15, 0.2) is 79.0 Å². The number of rotatable bonds is 4. The second-order valence-corrected chi connectivity index (χ2v) is 7.31. The summed E-state index contributed by atoms with van der Waals surface area (Å²) in [4.78, 5) is 21.1. The van der Waals surface area contributed by atoms with E-state index < -0.39 is 0 Å². The van der Waals surface area contributed by atoms with Crippen LogP contribution in [-0.2, 0) is 0 Å². The van der Waals surface area contributed by atoms with Crippen molar-refractivity contribution >= 4 is 17.5 Å². The number of halogens is 1. The van der Waals surface area contributed by atoms with Gasteiger partial charge in [0.25, 0.3) is 5.91 Å². The molecule has 1 saturated heterocycles. The Labute approximate surface area is 170 Å². The van der Waals surface area contributed by atoms with Crippen LogP contribution in [0.4, 0.5) is 0 Å². The number of hydrogen-bond donors (Lipinski definition) is 0. The summed E-state index contributed by atoms with van der Waals surface area (Å²) >= 11 is 5.94. The van der Waals surface area contributed by atoms with Gasteiger partial charge in [0, 0.05) is 37.9 Å². The lowest BCUT2D eigenvalue weighted by molar-refractivity contribution is 0.0597. The van der Waals surface area contributed by atoms with Crippen LogP contribution in [0.3, 0.4) is 0 Å². The van der Waals surface area contributed by atoms with Crippen molar-refractivity contribution in [2.45, 2.75) is 6.04 Å². The fourth-order valence-corrected chi connectivity index (χ4v) is 3.96. The minimum atomic E-state index is 0.0138. The molecule has 0 spiro atoms. The lowest BCUT2D eigenvalue weighted by Gasteiger charge is -2.39. The maximum absolute atomic E-state index is 12.8. The summed E-state index contributed by atoms with van der Waals surface area (Å²) in [5.74, 6) is 0.0138. The van der Waals surface area contributed by atoms with Gasteiger partial charge in [-0.15, -0.1) is 0 Å². The van der Waals surface area contributed by atoms with Gasteiger partial charge in [-0.1, -0.05) is 72.3 Å². The van der Waals surface area contributed by atoms with E-state index in [1.165, 1.54) is 11.1 Å². The van der Waals surface area contributed by atoms with Crippen molar-refractivity contribution in [1.82, 2.24) is 14.8 Å². The SMILES string of the molecule is O=C(c1ccnc(Cl)c1)N1CCN(C(c2ccccc2)c2ccccc2)CC1. The Morgan fingerprint density at radius 3 is 1.96 bits per heavy atom. The number of carbonyl (C=O) groups is 1. The molecule has 0 unspecified atom stereocenters. The summed E-state index contributed by atoms with van der Waals surface area (Å²) in [6.45, 7) is 3.02. The predicted molar refractivity (Wildman–Crippen MR) is 111 cm³/mol. The quantitative estimate of drug-likeness (QED) is 0.623. The van der Waals surface area contributed by atoms with E-state index in [-0.39, 0.29) is 11.9 Å². The zero-order chi connectivity index (χ0) is 19.3. The van der Waals surface area contributed by atoms with E-state index >= 15 is 0 Å². The maximum Gasteiger partial charge on any atom is 0.254 e. The molecule has 0 atom stereocenters. The third-order valence-electron chi connectivity index (χ3n) is 5.17. The van der Waals surface area contributed by atoms with Gasteiger partial charge in [-0.3, -0.25) is 9.69 Å². The first-order valence-electron chi connectivity index (χ1n) is 9.47. The largest absolute Gasteiger partial charge is 0.336 e. The van der Waals surface area contributed by atoms with E-state index in [1.54, 1.807) is 18.3 Å². The molecule has 4 nitrogen and oxygen atoms in total. The highest BCUT2D eigenvalue weighted by atomic mass is 35.5. The highest BCUT2D eigenvalue weighted by Gasteiger charge is 2.28. The molecule has 142 valence electrons. The third kappa shape index (κ3) is 4.08. The average Bonchev–Trinajstić information content (AvgIpc) is 2.75. The van der Waals surface area contributed by atoms with Gasteiger partial charge in [-0.05, 0) is 23.3 Å². The normalized spacial score (nSPS) is 15.0. The summed E-state index contributed by atoms with van der Waals surface area (Å²) < 4.78 is 0. The number of nitrogens with zero attached hydrogens (tertiary/aromatic N) is 3. The van der Waals surface area contributed by atoms with E-state index in [9.17, 15) is 4.79 Å². The number of benzene rings is 2. The Hall–Kier alpha value is -2.69. The number of piperazine rings is 1. The molecule has 5 heteroatoms. The number of carbonyl (C=O) groups excluding carboxylic acids is 1. The van der Waals surface area contributed by atoms with Gasteiger partial charge in [-0.2, -0.15) is 0 Å². The second-order valence-electron chi connectivity index (χ2n) is 6.92. The van der Waals surface area contributed by atoms with Crippen LogP contribution < -0.4 is 0 Å². The van der Waals surface area contributed by atoms with E-state index in [1.807, 2.05) is 17.0 Å². The molecule has 2 aromatic carbocycles. The molecule has 3 aromatic rings. The molecule has 1 aliphatic heterocycles. The van der Waals surface area contributed by atoms with Crippen molar-refractivity contribution in [3.05, 3.63) is 101 Å². The Bertz CT molecular complexity index is 885. The molecule has 0 bridgehead atoms. The van der Waals surface area contributed by atoms with Crippen molar-refractivity contribution in [2.75, 3.05) is 26.2 Å². The zero-order valence-electron chi connectivity index (χ0n) is 15.5. The van der Waals surface area contributed by atoms with Gasteiger partial charge in [0.1, 0.15) is 5.15 Å². The van der Waals surface area contributed by atoms with Crippen molar-refractivity contribution < 1.29 is 4.79 Å². The molecule has 1 fully saturated rings. The van der Waals surface area contributed by atoms with E-state index in [2.05, 4.69) is 58.4 Å².